The first-order valence-corrected chi connectivity index (χ1v) is 12.3. The highest BCUT2D eigenvalue weighted by Gasteiger charge is 2.03. The molecule has 0 unspecified atom stereocenters. The molecule has 0 saturated carbocycles. The van der Waals surface area contributed by atoms with Crippen LogP contribution in [0.2, 0.25) is 0 Å². The van der Waals surface area contributed by atoms with Gasteiger partial charge in [-0.05, 0) is 12.8 Å². The van der Waals surface area contributed by atoms with E-state index in [1.165, 1.54) is 0 Å². The summed E-state index contributed by atoms with van der Waals surface area (Å²) in [5.74, 6) is -0.304. The van der Waals surface area contributed by atoms with E-state index < -0.39 is 0 Å². The van der Waals surface area contributed by atoms with E-state index in [0.29, 0.717) is 65.7 Å². The zero-order valence-electron chi connectivity index (χ0n) is 20.4. The molecule has 0 saturated heterocycles. The number of hydrogen-bond acceptors (Lipinski definition) is 8. The smallest absolute Gasteiger partial charge is 0.305 e. The number of ether oxygens (including phenoxy) is 6. The fourth-order valence-electron chi connectivity index (χ4n) is 2.73. The highest BCUT2D eigenvalue weighted by Crippen LogP contribution is 2.04. The molecule has 0 aliphatic carbocycles. The molecule has 0 amide bonds. The Kier molecular flexibility index (Phi) is 25.0. The topological polar surface area (TPSA) is 89.5 Å². The predicted molar refractivity (Wildman–Crippen MR) is 123 cm³/mol. The van der Waals surface area contributed by atoms with E-state index >= 15 is 0 Å². The fourth-order valence-corrected chi connectivity index (χ4v) is 2.73. The zero-order chi connectivity index (χ0) is 23.5. The van der Waals surface area contributed by atoms with Crippen molar-refractivity contribution in [2.24, 2.45) is 0 Å². The number of carbonyl (C=O) groups is 2. The molecule has 0 aromatic heterocycles. The summed E-state index contributed by atoms with van der Waals surface area (Å²) in [7, 11) is 0. The van der Waals surface area contributed by atoms with E-state index in [2.05, 4.69) is 13.8 Å². The summed E-state index contributed by atoms with van der Waals surface area (Å²) >= 11 is 0. The Morgan fingerprint density at radius 3 is 1.06 bits per heavy atom. The molecule has 0 spiro atoms. The Bertz CT molecular complexity index is 379. The lowest BCUT2D eigenvalue weighted by Crippen LogP contribution is -2.15. The first-order chi connectivity index (χ1) is 15.7. The zero-order valence-corrected chi connectivity index (χ0v) is 20.4. The molecule has 0 radical (unpaired) electrons. The second kappa shape index (κ2) is 26.0. The maximum atomic E-state index is 11.5. The average molecular weight is 463 g/mol. The van der Waals surface area contributed by atoms with Crippen molar-refractivity contribution in [2.75, 3.05) is 66.1 Å². The van der Waals surface area contributed by atoms with Gasteiger partial charge in [0.25, 0.3) is 0 Å². The minimum atomic E-state index is -0.152. The van der Waals surface area contributed by atoms with Crippen LogP contribution in [0.5, 0.6) is 0 Å². The van der Waals surface area contributed by atoms with Crippen molar-refractivity contribution < 1.29 is 38.0 Å². The van der Waals surface area contributed by atoms with Gasteiger partial charge in [0.15, 0.2) is 0 Å². The van der Waals surface area contributed by atoms with Crippen molar-refractivity contribution in [3.05, 3.63) is 0 Å². The molecule has 0 N–H and O–H groups in total. The summed E-state index contributed by atoms with van der Waals surface area (Å²) in [6, 6.07) is 0. The van der Waals surface area contributed by atoms with Crippen LogP contribution in [-0.4, -0.2) is 78.0 Å². The van der Waals surface area contributed by atoms with Crippen LogP contribution in [-0.2, 0) is 38.0 Å². The van der Waals surface area contributed by atoms with Gasteiger partial charge in [-0.25, -0.2) is 0 Å². The van der Waals surface area contributed by atoms with E-state index in [1.807, 2.05) is 0 Å². The second-order valence-electron chi connectivity index (χ2n) is 7.51. The molecule has 0 aliphatic heterocycles. The third kappa shape index (κ3) is 25.0. The van der Waals surface area contributed by atoms with Gasteiger partial charge in [-0.1, -0.05) is 52.4 Å². The summed E-state index contributed by atoms with van der Waals surface area (Å²) in [5, 5.41) is 0. The Morgan fingerprint density at radius 1 is 0.438 bits per heavy atom. The molecule has 0 atom stereocenters. The van der Waals surface area contributed by atoms with Crippen LogP contribution < -0.4 is 0 Å². The summed E-state index contributed by atoms with van der Waals surface area (Å²) in [6.45, 7) is 8.41. The third-order valence-electron chi connectivity index (χ3n) is 4.57. The van der Waals surface area contributed by atoms with E-state index in [9.17, 15) is 9.59 Å². The molecule has 0 aromatic carbocycles. The van der Waals surface area contributed by atoms with Gasteiger partial charge in [-0.15, -0.1) is 0 Å². The molecule has 0 aromatic rings. The van der Waals surface area contributed by atoms with Gasteiger partial charge in [-0.3, -0.25) is 9.59 Å². The van der Waals surface area contributed by atoms with Crippen molar-refractivity contribution >= 4 is 11.9 Å². The Hall–Kier alpha value is -1.22. The monoisotopic (exact) mass is 462 g/mol. The molecule has 0 aliphatic rings. The number of carbonyl (C=O) groups excluding carboxylic acids is 2. The number of rotatable bonds is 25. The van der Waals surface area contributed by atoms with Crippen LogP contribution in [0.15, 0.2) is 0 Å². The first kappa shape index (κ1) is 30.8. The van der Waals surface area contributed by atoms with Crippen molar-refractivity contribution in [2.45, 2.75) is 78.1 Å². The molecule has 8 heteroatoms. The normalized spacial score (nSPS) is 10.9. The van der Waals surface area contributed by atoms with Crippen LogP contribution in [0.1, 0.15) is 78.1 Å². The number of unbranched alkanes of at least 4 members (excludes halogenated alkanes) is 6. The van der Waals surface area contributed by atoms with Crippen molar-refractivity contribution in [1.29, 1.82) is 0 Å². The van der Waals surface area contributed by atoms with E-state index in [0.717, 1.165) is 51.4 Å². The highest BCUT2D eigenvalue weighted by molar-refractivity contribution is 5.69. The van der Waals surface area contributed by atoms with E-state index in [4.69, 9.17) is 28.4 Å². The lowest BCUT2D eigenvalue weighted by Gasteiger charge is -2.08. The van der Waals surface area contributed by atoms with Crippen LogP contribution in [0, 0.1) is 0 Å². The van der Waals surface area contributed by atoms with Crippen LogP contribution in [0.4, 0.5) is 0 Å². The minimum Gasteiger partial charge on any atom is -0.463 e. The average Bonchev–Trinajstić information content (AvgIpc) is 2.79. The van der Waals surface area contributed by atoms with Gasteiger partial charge in [0.05, 0.1) is 52.9 Å². The summed E-state index contributed by atoms with van der Waals surface area (Å²) < 4.78 is 31.7. The van der Waals surface area contributed by atoms with E-state index in [-0.39, 0.29) is 25.2 Å². The quantitative estimate of drug-likeness (QED) is 0.148. The van der Waals surface area contributed by atoms with Gasteiger partial charge in [-0.2, -0.15) is 0 Å². The molecule has 8 nitrogen and oxygen atoms in total. The fraction of sp³-hybridized carbons (Fsp3) is 0.917. The summed E-state index contributed by atoms with van der Waals surface area (Å²) in [5.41, 5.74) is 0. The maximum absolute atomic E-state index is 11.5. The van der Waals surface area contributed by atoms with E-state index in [1.54, 1.807) is 0 Å². The molecular weight excluding hydrogens is 416 g/mol. The summed E-state index contributed by atoms with van der Waals surface area (Å²) in [4.78, 5) is 23.0. The van der Waals surface area contributed by atoms with Gasteiger partial charge in [0, 0.05) is 12.8 Å². The van der Waals surface area contributed by atoms with Crippen LogP contribution >= 0.6 is 0 Å². The highest BCUT2D eigenvalue weighted by atomic mass is 16.6. The Labute approximate surface area is 194 Å². The molecule has 190 valence electrons. The second-order valence-corrected chi connectivity index (χ2v) is 7.51. The minimum absolute atomic E-state index is 0.152. The maximum Gasteiger partial charge on any atom is 0.305 e. The lowest BCUT2D eigenvalue weighted by molar-refractivity contribution is -0.146. The molecule has 32 heavy (non-hydrogen) atoms. The van der Waals surface area contributed by atoms with Crippen molar-refractivity contribution in [3.8, 4) is 0 Å². The SMILES string of the molecule is CCCCCCC(=O)OCCOCCOCCOCCOCCOC(=O)CCCCCC. The number of esters is 2. The molecule has 0 bridgehead atoms. The van der Waals surface area contributed by atoms with Crippen LogP contribution in [0.3, 0.4) is 0 Å². The first-order valence-electron chi connectivity index (χ1n) is 12.3. The van der Waals surface area contributed by atoms with Crippen molar-refractivity contribution in [3.63, 3.8) is 0 Å². The number of hydrogen-bond donors (Lipinski definition) is 0. The molecular formula is C24H46O8. The Morgan fingerprint density at radius 2 is 0.750 bits per heavy atom. The Balaban J connectivity index is 3.16. The third-order valence-corrected chi connectivity index (χ3v) is 4.57. The van der Waals surface area contributed by atoms with Crippen molar-refractivity contribution in [1.82, 2.24) is 0 Å². The largest absolute Gasteiger partial charge is 0.463 e. The van der Waals surface area contributed by atoms with Gasteiger partial charge < -0.3 is 28.4 Å². The van der Waals surface area contributed by atoms with Crippen LogP contribution in [0.25, 0.3) is 0 Å². The molecule has 0 fully saturated rings. The predicted octanol–water partition coefficient (Wildman–Crippen LogP) is 4.08. The molecule has 0 rings (SSSR count). The lowest BCUT2D eigenvalue weighted by atomic mass is 10.2. The van der Waals surface area contributed by atoms with Gasteiger partial charge in [0.2, 0.25) is 0 Å². The van der Waals surface area contributed by atoms with Gasteiger partial charge in [0.1, 0.15) is 13.2 Å². The standard InChI is InChI=1S/C24H46O8/c1-3-5-7-9-11-23(25)31-21-19-29-17-15-27-13-14-28-16-18-30-20-22-32-24(26)12-10-8-6-4-2/h3-22H2,1-2H3. The summed E-state index contributed by atoms with van der Waals surface area (Å²) in [6.07, 6.45) is 9.55. The van der Waals surface area contributed by atoms with Gasteiger partial charge >= 0.3 is 11.9 Å². The molecule has 0 heterocycles.